The number of aliphatic hydroxyl groups is 4. The van der Waals surface area contributed by atoms with E-state index in [1.165, 1.54) is 32.0 Å². The fraction of sp³-hybridized carbons (Fsp3) is 0.571. The van der Waals surface area contributed by atoms with Crippen LogP contribution in [0.3, 0.4) is 0 Å². The Labute approximate surface area is 496 Å². The number of nitrogens with zero attached hydrogens (tertiary/aromatic N) is 2. The van der Waals surface area contributed by atoms with Crippen molar-refractivity contribution in [3.63, 3.8) is 0 Å². The highest BCUT2D eigenvalue weighted by atomic mass is 19.3. The lowest BCUT2D eigenvalue weighted by molar-refractivity contribution is -0.346. The molecule has 3 aromatic carbocycles. The van der Waals surface area contributed by atoms with Gasteiger partial charge in [-0.2, -0.15) is 0 Å². The van der Waals surface area contributed by atoms with E-state index in [0.29, 0.717) is 24.0 Å². The monoisotopic (exact) mass is 1200 g/mol. The van der Waals surface area contributed by atoms with Crippen molar-refractivity contribution in [1.29, 1.82) is 0 Å². The van der Waals surface area contributed by atoms with Crippen LogP contribution in [0.4, 0.5) is 18.0 Å². The van der Waals surface area contributed by atoms with Crippen molar-refractivity contribution in [2.24, 2.45) is 22.5 Å². The Morgan fingerprint density at radius 1 is 0.884 bits per heavy atom. The number of amides is 3. The van der Waals surface area contributed by atoms with Crippen molar-refractivity contribution in [1.82, 2.24) is 15.1 Å². The maximum atomic E-state index is 14.9. The van der Waals surface area contributed by atoms with Gasteiger partial charge in [-0.05, 0) is 107 Å². The SMILES string of the molecule is CC(=O)O[C@@]12CO[C@@H]1C[C@H](O)[C@@]1(C)C(=O)[C@H](O)C3=C(C)[C@@H](OC(=O)[C@H](O)[C@@H](NC(=O)OC(C)(C)C)c4ccccc4)C[C@@](O)([C@@H](OC(=O)c4ccccc4)[C@H]21)C3(C)C.NC(=O)c1cc(F)cc2c1C(=O)N(C1CCN(C3CCC(F)(F)CC3)CC1)C2. The second-order valence-corrected chi connectivity index (χ2v) is 25.7. The number of alkyl halides is 2. The number of alkyl carbamates (subject to hydrolysis) is 1. The van der Waals surface area contributed by atoms with Gasteiger partial charge < -0.3 is 65.0 Å². The van der Waals surface area contributed by atoms with E-state index in [4.69, 9.17) is 29.4 Å². The zero-order chi connectivity index (χ0) is 62.8. The second kappa shape index (κ2) is 23.7. The molecule has 86 heavy (non-hydrogen) atoms. The molecule has 3 aliphatic heterocycles. The van der Waals surface area contributed by atoms with E-state index in [-0.39, 0.29) is 78.2 Å². The molecule has 3 saturated carbocycles. The molecule has 466 valence electrons. The van der Waals surface area contributed by atoms with Gasteiger partial charge in [0.2, 0.25) is 11.8 Å². The number of hydrogen-bond acceptors (Lipinski definition) is 17. The lowest BCUT2D eigenvalue weighted by Gasteiger charge is -2.67. The van der Waals surface area contributed by atoms with Gasteiger partial charge in [0.15, 0.2) is 17.5 Å². The van der Waals surface area contributed by atoms with Gasteiger partial charge in [-0.3, -0.25) is 19.2 Å². The van der Waals surface area contributed by atoms with E-state index in [9.17, 15) is 67.2 Å². The molecule has 2 saturated heterocycles. The number of piperidine rings is 1. The van der Waals surface area contributed by atoms with Gasteiger partial charge in [-0.25, -0.2) is 27.6 Å². The molecule has 0 radical (unpaired) electrons. The number of carbonyl (C=O) groups excluding carboxylic acids is 7. The van der Waals surface area contributed by atoms with Gasteiger partial charge >= 0.3 is 24.0 Å². The molecule has 0 aromatic heterocycles. The van der Waals surface area contributed by atoms with Crippen molar-refractivity contribution in [3.8, 4) is 0 Å². The number of carbonyl (C=O) groups is 7. The standard InChI is InChI=1S/C43H53NO14.C20H24F3N3O2/c1-22-26(55-37(51)32(48)30(24-15-11-9-12-16-24)44-38(52)58-39(3,4)5)20-43(53)35(56-36(50)25-17-13-10-14-18-25)33-41(8,34(49)31(47)29(22)40(43,6)7)27(46)19-28-42(33,21-54-28)57-23(2)45;21-13-9-12-11-26(19(28)17(12)16(10-13)18(24)27)15-3-7-25(8-4-15)14-1-5-20(22,23)6-2-14/h9-18,26-28,30-33,35,46-48,53H,19-21H2,1-8H3,(H,44,52);9-10,14-15H,1-8,11H2,(H2,24,27)/t26-,27-,28+,30-,31+,32+,33-,35-,41+,42-,43+;/m0./s1. The van der Waals surface area contributed by atoms with Gasteiger partial charge in [0.1, 0.15) is 41.4 Å². The molecule has 7 N–H and O–H groups in total. The molecule has 2 bridgehead atoms. The number of primary amides is 1. The first-order valence-corrected chi connectivity index (χ1v) is 29.1. The Bertz CT molecular complexity index is 3160. The smallest absolute Gasteiger partial charge is 0.408 e. The van der Waals surface area contributed by atoms with Crippen LogP contribution in [0.25, 0.3) is 0 Å². The third-order valence-electron chi connectivity index (χ3n) is 19.0. The number of rotatable bonds is 11. The fourth-order valence-electron chi connectivity index (χ4n) is 14.4. The van der Waals surface area contributed by atoms with Gasteiger partial charge in [0.05, 0.1) is 46.8 Å². The second-order valence-electron chi connectivity index (χ2n) is 25.7. The minimum atomic E-state index is -2.53. The number of Topliss-reactive ketones (excluding diaryl/α,β-unsaturated/α-hetero) is 1. The minimum Gasteiger partial charge on any atom is -0.456 e. The highest BCUT2D eigenvalue weighted by molar-refractivity contribution is 6.09. The molecule has 4 aliphatic carbocycles. The van der Waals surface area contributed by atoms with E-state index < -0.39 is 130 Å². The molecule has 10 rings (SSSR count). The van der Waals surface area contributed by atoms with E-state index in [1.54, 1.807) is 88.0 Å². The van der Waals surface area contributed by atoms with Crippen LogP contribution in [0.2, 0.25) is 0 Å². The van der Waals surface area contributed by atoms with E-state index in [0.717, 1.165) is 38.9 Å². The first-order valence-electron chi connectivity index (χ1n) is 29.1. The Morgan fingerprint density at radius 3 is 2.07 bits per heavy atom. The number of aliphatic hydroxyl groups excluding tert-OH is 3. The topological polar surface area (TPSA) is 291 Å². The van der Waals surface area contributed by atoms with Crippen molar-refractivity contribution in [2.45, 2.75) is 191 Å². The third-order valence-corrected chi connectivity index (χ3v) is 19.0. The van der Waals surface area contributed by atoms with Crippen LogP contribution >= 0.6 is 0 Å². The van der Waals surface area contributed by atoms with Crippen LogP contribution in [0.1, 0.15) is 155 Å². The average Bonchev–Trinajstić information content (AvgIpc) is 0.760. The molecule has 11 atom stereocenters. The van der Waals surface area contributed by atoms with E-state index in [1.807, 2.05) is 0 Å². The maximum absolute atomic E-state index is 14.9. The molecule has 20 nitrogen and oxygen atoms in total. The predicted octanol–water partition coefficient (Wildman–Crippen LogP) is 6.18. The van der Waals surface area contributed by atoms with E-state index in [2.05, 4.69) is 10.2 Å². The first kappa shape index (κ1) is 63.7. The lowest BCUT2D eigenvalue weighted by Crippen LogP contribution is -2.81. The third kappa shape index (κ3) is 11.8. The van der Waals surface area contributed by atoms with Crippen LogP contribution < -0.4 is 11.1 Å². The number of likely N-dealkylation sites (tertiary alicyclic amines) is 1. The molecule has 0 unspecified atom stereocenters. The maximum Gasteiger partial charge on any atom is 0.408 e. The Morgan fingerprint density at radius 2 is 1.50 bits per heavy atom. The van der Waals surface area contributed by atoms with Crippen LogP contribution in [0.5, 0.6) is 0 Å². The number of benzene rings is 3. The van der Waals surface area contributed by atoms with Gasteiger partial charge in [0, 0.05) is 69.7 Å². The molecule has 0 spiro atoms. The molecular formula is C63H77F3N4O16. The first-order chi connectivity index (χ1) is 40.2. The summed E-state index contributed by atoms with van der Waals surface area (Å²) in [5.41, 5.74) is -2.17. The van der Waals surface area contributed by atoms with Gasteiger partial charge in [-0.1, -0.05) is 62.4 Å². The summed E-state index contributed by atoms with van der Waals surface area (Å²) < 4.78 is 70.1. The summed E-state index contributed by atoms with van der Waals surface area (Å²) in [6.45, 7) is 13.6. The van der Waals surface area contributed by atoms with Gasteiger partial charge in [-0.15, -0.1) is 0 Å². The molecule has 3 heterocycles. The zero-order valence-electron chi connectivity index (χ0n) is 49.5. The average molecular weight is 1200 g/mol. The van der Waals surface area contributed by atoms with Crippen LogP contribution in [-0.2, 0) is 44.6 Å². The number of hydrogen-bond donors (Lipinski definition) is 6. The number of halogens is 3. The number of fused-ring (bicyclic) bond motifs is 6. The van der Waals surface area contributed by atoms with Crippen molar-refractivity contribution in [2.75, 3.05) is 19.7 Å². The van der Waals surface area contributed by atoms with Crippen molar-refractivity contribution < 1.29 is 90.8 Å². The lowest BCUT2D eigenvalue weighted by atomic mass is 9.44. The highest BCUT2D eigenvalue weighted by Crippen LogP contribution is 2.64. The molecule has 23 heteroatoms. The predicted molar refractivity (Wildman–Crippen MR) is 300 cm³/mol. The number of nitrogens with one attached hydrogen (secondary N) is 1. The summed E-state index contributed by atoms with van der Waals surface area (Å²) in [5, 5.41) is 51.6. The number of ether oxygens (including phenoxy) is 5. The quantitative estimate of drug-likeness (QED) is 0.0709. The molecule has 7 aliphatic rings. The Kier molecular flexibility index (Phi) is 17.6. The summed E-state index contributed by atoms with van der Waals surface area (Å²) in [7, 11) is 0. The molecular weight excluding hydrogens is 1130 g/mol. The van der Waals surface area contributed by atoms with Crippen molar-refractivity contribution in [3.05, 3.63) is 118 Å². The normalized spacial score (nSPS) is 30.5. The summed E-state index contributed by atoms with van der Waals surface area (Å²) in [6.07, 6.45) is -9.11. The molecule has 5 fully saturated rings. The van der Waals surface area contributed by atoms with Crippen LogP contribution in [0.15, 0.2) is 83.9 Å². The Balaban J connectivity index is 0.000000262. The molecule has 3 amide bonds. The van der Waals surface area contributed by atoms with E-state index >= 15 is 0 Å². The van der Waals surface area contributed by atoms with Crippen LogP contribution in [-0.4, -0.2) is 163 Å². The summed E-state index contributed by atoms with van der Waals surface area (Å²) in [5.74, 6) is -9.56. The summed E-state index contributed by atoms with van der Waals surface area (Å²) in [6, 6.07) is 17.1. The zero-order valence-corrected chi connectivity index (χ0v) is 49.5. The number of nitrogens with two attached hydrogens (primary N) is 1. The fourth-order valence-corrected chi connectivity index (χ4v) is 14.4. The minimum absolute atomic E-state index is 0.00929. The van der Waals surface area contributed by atoms with Crippen LogP contribution in [0, 0.1) is 22.6 Å². The largest absolute Gasteiger partial charge is 0.456 e. The Hall–Kier alpha value is -6.76. The summed E-state index contributed by atoms with van der Waals surface area (Å²) in [4.78, 5) is 97.4. The molecule has 3 aromatic rings. The number of ketones is 1. The van der Waals surface area contributed by atoms with Crippen molar-refractivity contribution >= 4 is 41.6 Å². The number of esters is 3. The highest BCUT2D eigenvalue weighted by Gasteiger charge is 2.78. The van der Waals surface area contributed by atoms with Gasteiger partial charge in [0.25, 0.3) is 5.91 Å². The summed E-state index contributed by atoms with van der Waals surface area (Å²) >= 11 is 0.